The Morgan fingerprint density at radius 1 is 1.41 bits per heavy atom. The summed E-state index contributed by atoms with van der Waals surface area (Å²) in [5.41, 5.74) is -0.852. The van der Waals surface area contributed by atoms with Crippen molar-refractivity contribution >= 4 is 16.9 Å². The van der Waals surface area contributed by atoms with Crippen LogP contribution in [0.4, 0.5) is 0 Å². The summed E-state index contributed by atoms with van der Waals surface area (Å²) in [6.07, 6.45) is 0. The topological polar surface area (TPSA) is 90.9 Å². The van der Waals surface area contributed by atoms with E-state index in [-0.39, 0.29) is 11.3 Å². The van der Waals surface area contributed by atoms with Crippen LogP contribution >= 0.6 is 0 Å². The summed E-state index contributed by atoms with van der Waals surface area (Å²) in [6, 6.07) is 5.93. The Hall–Kier alpha value is -1.85. The molecule has 5 nitrogen and oxygen atoms in total. The van der Waals surface area contributed by atoms with Crippen molar-refractivity contribution in [3.05, 3.63) is 35.6 Å². The number of carbonyl (C=O) groups is 1. The smallest absolute Gasteiger partial charge is 0.335 e. The van der Waals surface area contributed by atoms with Gasteiger partial charge in [-0.05, 0) is 31.2 Å². The first kappa shape index (κ1) is 11.6. The third kappa shape index (κ3) is 2.02. The number of hydrogen-bond acceptors (Lipinski definition) is 4. The zero-order valence-corrected chi connectivity index (χ0v) is 9.17. The maximum Gasteiger partial charge on any atom is 0.335 e. The van der Waals surface area contributed by atoms with E-state index in [2.05, 4.69) is 0 Å². The zero-order valence-electron chi connectivity index (χ0n) is 9.17. The first-order chi connectivity index (χ1) is 7.94. The van der Waals surface area contributed by atoms with Gasteiger partial charge < -0.3 is 19.7 Å². The lowest BCUT2D eigenvalue weighted by Gasteiger charge is -2.16. The predicted molar refractivity (Wildman–Crippen MR) is 59.8 cm³/mol. The number of furan rings is 1. The summed E-state index contributed by atoms with van der Waals surface area (Å²) in [6.45, 7) is 0.946. The molecule has 2 rings (SSSR count). The Morgan fingerprint density at radius 3 is 2.71 bits per heavy atom. The van der Waals surface area contributed by atoms with Gasteiger partial charge in [-0.15, -0.1) is 0 Å². The number of rotatable bonds is 3. The van der Waals surface area contributed by atoms with E-state index >= 15 is 0 Å². The van der Waals surface area contributed by atoms with E-state index in [1.54, 1.807) is 0 Å². The minimum atomic E-state index is -1.47. The van der Waals surface area contributed by atoms with Gasteiger partial charge in [-0.3, -0.25) is 0 Å². The molecule has 0 unspecified atom stereocenters. The van der Waals surface area contributed by atoms with Crippen LogP contribution in [0.1, 0.15) is 23.0 Å². The highest BCUT2D eigenvalue weighted by molar-refractivity contribution is 5.93. The van der Waals surface area contributed by atoms with Crippen molar-refractivity contribution in [3.63, 3.8) is 0 Å². The summed E-state index contributed by atoms with van der Waals surface area (Å²) in [4.78, 5) is 10.8. The fraction of sp³-hybridized carbons (Fsp3) is 0.250. The molecular formula is C12H12O5. The Balaban J connectivity index is 2.54. The van der Waals surface area contributed by atoms with Crippen LogP contribution in [-0.2, 0) is 5.60 Å². The summed E-state index contributed by atoms with van der Waals surface area (Å²) >= 11 is 0. The standard InChI is InChI=1S/C12H12O5/c1-12(16,6-13)10-5-8-4-7(11(14)15)2-3-9(8)17-10/h2-5,13,16H,6H2,1H3,(H,14,15)/t12-/m0/s1. The number of aromatic carboxylic acids is 1. The maximum atomic E-state index is 10.8. The van der Waals surface area contributed by atoms with Crippen LogP contribution in [0.25, 0.3) is 11.0 Å². The second-order valence-corrected chi connectivity index (χ2v) is 4.10. The fourth-order valence-corrected chi connectivity index (χ4v) is 1.52. The van der Waals surface area contributed by atoms with Gasteiger partial charge in [-0.25, -0.2) is 4.79 Å². The Labute approximate surface area is 96.9 Å². The van der Waals surface area contributed by atoms with Crippen LogP contribution in [0.3, 0.4) is 0 Å². The van der Waals surface area contributed by atoms with Crippen molar-refractivity contribution in [1.29, 1.82) is 0 Å². The first-order valence-corrected chi connectivity index (χ1v) is 5.04. The molecule has 0 fully saturated rings. The van der Waals surface area contributed by atoms with E-state index in [1.165, 1.54) is 31.2 Å². The molecule has 1 aromatic heterocycles. The van der Waals surface area contributed by atoms with Gasteiger partial charge in [0, 0.05) is 5.39 Å². The largest absolute Gasteiger partial charge is 0.478 e. The van der Waals surface area contributed by atoms with Crippen molar-refractivity contribution in [2.24, 2.45) is 0 Å². The highest BCUT2D eigenvalue weighted by atomic mass is 16.4. The lowest BCUT2D eigenvalue weighted by atomic mass is 10.0. The number of benzene rings is 1. The minimum absolute atomic E-state index is 0.147. The van der Waals surface area contributed by atoms with Gasteiger partial charge in [0.15, 0.2) is 0 Å². The molecule has 5 heteroatoms. The second kappa shape index (κ2) is 3.87. The van der Waals surface area contributed by atoms with Crippen LogP contribution in [0.5, 0.6) is 0 Å². The Morgan fingerprint density at radius 2 is 2.12 bits per heavy atom. The molecule has 1 atom stereocenters. The predicted octanol–water partition coefficient (Wildman–Crippen LogP) is 1.33. The highest BCUT2D eigenvalue weighted by Gasteiger charge is 2.26. The van der Waals surface area contributed by atoms with Crippen LogP contribution in [-0.4, -0.2) is 27.9 Å². The zero-order chi connectivity index (χ0) is 12.6. The molecule has 0 aliphatic rings. The SMILES string of the molecule is C[C@](O)(CO)c1cc2cc(C(=O)O)ccc2o1. The number of carboxylic acids is 1. The van der Waals surface area contributed by atoms with Crippen LogP contribution in [0, 0.1) is 0 Å². The van der Waals surface area contributed by atoms with Crippen LogP contribution in [0.2, 0.25) is 0 Å². The van der Waals surface area contributed by atoms with Gasteiger partial charge in [0.05, 0.1) is 12.2 Å². The van der Waals surface area contributed by atoms with E-state index in [0.717, 1.165) is 0 Å². The van der Waals surface area contributed by atoms with Crippen molar-refractivity contribution < 1.29 is 24.5 Å². The van der Waals surface area contributed by atoms with Gasteiger partial charge in [0.1, 0.15) is 16.9 Å². The molecule has 1 aromatic carbocycles. The molecule has 17 heavy (non-hydrogen) atoms. The first-order valence-electron chi connectivity index (χ1n) is 5.04. The number of fused-ring (bicyclic) bond motifs is 1. The molecule has 0 spiro atoms. The Kier molecular flexibility index (Phi) is 2.65. The van der Waals surface area contributed by atoms with E-state index in [4.69, 9.17) is 14.6 Å². The lowest BCUT2D eigenvalue weighted by Crippen LogP contribution is -2.24. The van der Waals surface area contributed by atoms with Crippen molar-refractivity contribution in [3.8, 4) is 0 Å². The highest BCUT2D eigenvalue weighted by Crippen LogP contribution is 2.28. The second-order valence-electron chi connectivity index (χ2n) is 4.10. The van der Waals surface area contributed by atoms with Crippen molar-refractivity contribution in [1.82, 2.24) is 0 Å². The lowest BCUT2D eigenvalue weighted by molar-refractivity contribution is -0.0184. The molecule has 90 valence electrons. The summed E-state index contributed by atoms with van der Waals surface area (Å²) in [5, 5.41) is 28.2. The summed E-state index contributed by atoms with van der Waals surface area (Å²) in [5.74, 6) is -0.818. The van der Waals surface area contributed by atoms with Gasteiger partial charge in [-0.2, -0.15) is 0 Å². The van der Waals surface area contributed by atoms with Gasteiger partial charge in [0.25, 0.3) is 0 Å². The quantitative estimate of drug-likeness (QED) is 0.747. The normalized spacial score (nSPS) is 14.8. The molecule has 0 saturated heterocycles. The van der Waals surface area contributed by atoms with E-state index in [0.29, 0.717) is 11.0 Å². The number of carboxylic acid groups (broad SMARTS) is 1. The van der Waals surface area contributed by atoms with Gasteiger partial charge >= 0.3 is 5.97 Å². The average Bonchev–Trinajstić information content (AvgIpc) is 2.72. The van der Waals surface area contributed by atoms with Crippen LogP contribution in [0.15, 0.2) is 28.7 Å². The molecule has 2 aromatic rings. The molecule has 0 aliphatic carbocycles. The van der Waals surface area contributed by atoms with Gasteiger partial charge in [-0.1, -0.05) is 0 Å². The fourth-order valence-electron chi connectivity index (χ4n) is 1.52. The number of aliphatic hydroxyl groups excluding tert-OH is 1. The van der Waals surface area contributed by atoms with Crippen molar-refractivity contribution in [2.45, 2.75) is 12.5 Å². The third-order valence-corrected chi connectivity index (χ3v) is 2.60. The molecular weight excluding hydrogens is 224 g/mol. The summed E-state index contributed by atoms with van der Waals surface area (Å²) in [7, 11) is 0. The number of aliphatic hydroxyl groups is 2. The summed E-state index contributed by atoms with van der Waals surface area (Å²) < 4.78 is 5.36. The monoisotopic (exact) mass is 236 g/mol. The van der Waals surface area contributed by atoms with E-state index in [9.17, 15) is 9.90 Å². The molecule has 0 amide bonds. The maximum absolute atomic E-state index is 10.8. The Bertz CT molecular complexity index is 567. The molecule has 3 N–H and O–H groups in total. The molecule has 1 heterocycles. The van der Waals surface area contributed by atoms with Gasteiger partial charge in [0.2, 0.25) is 0 Å². The molecule has 0 saturated carbocycles. The molecule has 0 bridgehead atoms. The van der Waals surface area contributed by atoms with Crippen LogP contribution < -0.4 is 0 Å². The molecule has 0 aliphatic heterocycles. The minimum Gasteiger partial charge on any atom is -0.478 e. The number of hydrogen-bond donors (Lipinski definition) is 3. The average molecular weight is 236 g/mol. The van der Waals surface area contributed by atoms with E-state index in [1.807, 2.05) is 0 Å². The third-order valence-electron chi connectivity index (χ3n) is 2.60. The van der Waals surface area contributed by atoms with E-state index < -0.39 is 18.2 Å². The molecule has 0 radical (unpaired) electrons. The van der Waals surface area contributed by atoms with Crippen molar-refractivity contribution in [2.75, 3.05) is 6.61 Å².